The van der Waals surface area contributed by atoms with Crippen molar-refractivity contribution in [1.82, 2.24) is 0 Å². The molecule has 1 aromatic heterocycles. The molecule has 0 saturated carbocycles. The van der Waals surface area contributed by atoms with Gasteiger partial charge in [0.05, 0.1) is 0 Å². The van der Waals surface area contributed by atoms with Crippen LogP contribution < -0.4 is 10.3 Å². The summed E-state index contributed by atoms with van der Waals surface area (Å²) in [6, 6.07) is 3.14. The van der Waals surface area contributed by atoms with E-state index in [1.54, 1.807) is 18.3 Å². The van der Waals surface area contributed by atoms with Crippen LogP contribution in [-0.2, 0) is 14.3 Å². The molecule has 4 atom stereocenters. The van der Waals surface area contributed by atoms with Crippen LogP contribution in [-0.4, -0.2) is 47.0 Å². The third-order valence-electron chi connectivity index (χ3n) is 5.13. The molecule has 8 heteroatoms. The lowest BCUT2D eigenvalue weighted by molar-refractivity contribution is -0.765. The van der Waals surface area contributed by atoms with Crippen molar-refractivity contribution in [2.45, 2.75) is 82.8 Å². The van der Waals surface area contributed by atoms with Crippen LogP contribution in [0.1, 0.15) is 74.9 Å². The van der Waals surface area contributed by atoms with Crippen molar-refractivity contribution >= 4 is 11.9 Å². The molecule has 1 saturated heterocycles. The number of aliphatic hydroxyl groups is 2. The van der Waals surface area contributed by atoms with Crippen molar-refractivity contribution in [2.24, 2.45) is 5.73 Å². The molecule has 162 valence electrons. The molecule has 0 unspecified atom stereocenters. The number of hydrogen-bond donors (Lipinski definition) is 3. The van der Waals surface area contributed by atoms with Gasteiger partial charge < -0.3 is 25.4 Å². The van der Waals surface area contributed by atoms with Gasteiger partial charge in [0, 0.05) is 12.5 Å². The van der Waals surface area contributed by atoms with Gasteiger partial charge in [0.2, 0.25) is 0 Å². The average Bonchev–Trinajstić information content (AvgIpc) is 3.00. The van der Waals surface area contributed by atoms with Gasteiger partial charge in [-0.25, -0.2) is 0 Å². The fourth-order valence-electron chi connectivity index (χ4n) is 3.38. The number of hydrogen-bond acceptors (Lipinski definition) is 6. The number of esters is 1. The summed E-state index contributed by atoms with van der Waals surface area (Å²) in [5.74, 6) is -0.945. The molecule has 4 N–H and O–H groups in total. The fraction of sp³-hybridized carbons (Fsp3) is 0.667. The molecule has 0 radical (unpaired) electrons. The Morgan fingerprint density at radius 1 is 1.14 bits per heavy atom. The lowest BCUT2D eigenvalue weighted by Gasteiger charge is -2.13. The Hall–Kier alpha value is -2.03. The predicted octanol–water partition coefficient (Wildman–Crippen LogP) is 1.38. The molecule has 0 aliphatic carbocycles. The number of amides is 1. The molecule has 1 aliphatic rings. The first-order chi connectivity index (χ1) is 13.9. The average molecular weight is 410 g/mol. The van der Waals surface area contributed by atoms with E-state index in [4.69, 9.17) is 15.2 Å². The summed E-state index contributed by atoms with van der Waals surface area (Å²) in [7, 11) is 0. The lowest BCUT2D eigenvalue weighted by Crippen LogP contribution is -2.46. The molecular formula is C21H33N2O6+. The number of rotatable bonds is 12. The Balaban J connectivity index is 1.75. The molecule has 8 nitrogen and oxygen atoms in total. The van der Waals surface area contributed by atoms with Crippen molar-refractivity contribution in [3.8, 4) is 0 Å². The van der Waals surface area contributed by atoms with Crippen LogP contribution in [0.25, 0.3) is 0 Å². The molecule has 29 heavy (non-hydrogen) atoms. The smallest absolute Gasteiger partial charge is 0.305 e. The number of carbonyl (C=O) groups is 2. The maximum Gasteiger partial charge on any atom is 0.305 e. The van der Waals surface area contributed by atoms with Crippen LogP contribution in [0.3, 0.4) is 0 Å². The van der Waals surface area contributed by atoms with Crippen LogP contribution in [0.5, 0.6) is 0 Å². The highest BCUT2D eigenvalue weighted by Crippen LogP contribution is 2.26. The fourth-order valence-corrected chi connectivity index (χ4v) is 3.38. The summed E-state index contributed by atoms with van der Waals surface area (Å²) in [5, 5.41) is 20.5. The molecule has 1 aliphatic heterocycles. The maximum absolute atomic E-state index is 11.9. The summed E-state index contributed by atoms with van der Waals surface area (Å²) in [6.07, 6.45) is 6.97. The number of ether oxygens (including phenoxy) is 2. The third kappa shape index (κ3) is 7.06. The van der Waals surface area contributed by atoms with Crippen LogP contribution in [0.4, 0.5) is 0 Å². The number of aliphatic hydroxyl groups excluding tert-OH is 2. The van der Waals surface area contributed by atoms with E-state index >= 15 is 0 Å². The van der Waals surface area contributed by atoms with Gasteiger partial charge in [0.15, 0.2) is 18.5 Å². The van der Waals surface area contributed by atoms with Gasteiger partial charge in [0.1, 0.15) is 24.4 Å². The number of nitrogens with two attached hydrogens (primary N) is 1. The quantitative estimate of drug-likeness (QED) is 0.272. The number of carbonyl (C=O) groups excluding carboxylic acids is 2. The highest BCUT2D eigenvalue weighted by atomic mass is 16.6. The lowest BCUT2D eigenvalue weighted by atomic mass is 10.1. The van der Waals surface area contributed by atoms with Gasteiger partial charge in [-0.2, -0.15) is 4.57 Å². The summed E-state index contributed by atoms with van der Waals surface area (Å²) < 4.78 is 12.4. The van der Waals surface area contributed by atoms with E-state index in [2.05, 4.69) is 6.92 Å². The van der Waals surface area contributed by atoms with Gasteiger partial charge in [-0.15, -0.1) is 0 Å². The van der Waals surface area contributed by atoms with Gasteiger partial charge in [-0.3, -0.25) is 9.59 Å². The topological polar surface area (TPSA) is 123 Å². The summed E-state index contributed by atoms with van der Waals surface area (Å²) in [5.41, 5.74) is 5.52. The zero-order valence-electron chi connectivity index (χ0n) is 17.0. The minimum absolute atomic E-state index is 0.139. The SMILES string of the molecule is CCCCCCCCCC(=O)OC[C@H]1O[C@@H]([n+]2cccc(C(N)=O)c2)[C@H](O)[C@@H]1O. The number of unbranched alkanes of at least 4 members (excludes halogenated alkanes) is 6. The molecule has 2 rings (SSSR count). The van der Waals surface area contributed by atoms with E-state index in [9.17, 15) is 19.8 Å². The van der Waals surface area contributed by atoms with Gasteiger partial charge in [-0.1, -0.05) is 45.4 Å². The first-order valence-electron chi connectivity index (χ1n) is 10.4. The van der Waals surface area contributed by atoms with E-state index in [0.29, 0.717) is 6.42 Å². The molecule has 0 spiro atoms. The third-order valence-corrected chi connectivity index (χ3v) is 5.13. The second-order valence-corrected chi connectivity index (χ2v) is 7.50. The van der Waals surface area contributed by atoms with Gasteiger partial charge >= 0.3 is 5.97 Å². The predicted molar refractivity (Wildman–Crippen MR) is 105 cm³/mol. The zero-order valence-corrected chi connectivity index (χ0v) is 17.0. The Bertz CT molecular complexity index is 668. The normalized spacial score (nSPS) is 23.8. The van der Waals surface area contributed by atoms with Gasteiger partial charge in [0.25, 0.3) is 12.1 Å². The second kappa shape index (κ2) is 11.8. The molecule has 0 aromatic carbocycles. The van der Waals surface area contributed by atoms with Crippen molar-refractivity contribution in [2.75, 3.05) is 6.61 Å². The van der Waals surface area contributed by atoms with E-state index in [-0.39, 0.29) is 18.1 Å². The first-order valence-corrected chi connectivity index (χ1v) is 10.4. The van der Waals surface area contributed by atoms with Crippen molar-refractivity contribution in [3.05, 3.63) is 30.1 Å². The Morgan fingerprint density at radius 2 is 1.83 bits per heavy atom. The minimum Gasteiger partial charge on any atom is -0.463 e. The summed E-state index contributed by atoms with van der Waals surface area (Å²) in [4.78, 5) is 23.2. The number of primary amides is 1. The largest absolute Gasteiger partial charge is 0.463 e. The molecule has 2 heterocycles. The highest BCUT2D eigenvalue weighted by Gasteiger charge is 2.48. The second-order valence-electron chi connectivity index (χ2n) is 7.50. The molecule has 1 aromatic rings. The Morgan fingerprint density at radius 3 is 2.52 bits per heavy atom. The van der Waals surface area contributed by atoms with Crippen LogP contribution in [0.15, 0.2) is 24.5 Å². The van der Waals surface area contributed by atoms with E-state index < -0.39 is 30.4 Å². The molecular weight excluding hydrogens is 376 g/mol. The zero-order chi connectivity index (χ0) is 21.2. The molecule has 1 amide bonds. The molecule has 0 bridgehead atoms. The van der Waals surface area contributed by atoms with Crippen LogP contribution >= 0.6 is 0 Å². The minimum atomic E-state index is -1.23. The number of nitrogens with zero attached hydrogens (tertiary/aromatic N) is 1. The number of aromatic nitrogens is 1. The molecule has 1 fully saturated rings. The summed E-state index contributed by atoms with van der Waals surface area (Å²) in [6.45, 7) is 2.04. The highest BCUT2D eigenvalue weighted by molar-refractivity contribution is 5.92. The first kappa shape index (κ1) is 23.3. The number of pyridine rings is 1. The van der Waals surface area contributed by atoms with E-state index in [1.807, 2.05) is 0 Å². The van der Waals surface area contributed by atoms with Gasteiger partial charge in [-0.05, 0) is 12.5 Å². The maximum atomic E-state index is 11.9. The van der Waals surface area contributed by atoms with Crippen LogP contribution in [0, 0.1) is 0 Å². The van der Waals surface area contributed by atoms with Crippen LogP contribution in [0.2, 0.25) is 0 Å². The standard InChI is InChI=1S/C21H32N2O6/c1-2-3-4-5-6-7-8-11-17(24)28-14-16-18(25)19(26)21(29-16)23-12-9-10-15(13-23)20(22)27/h9-10,12-13,16,18-19,21,25-26H,2-8,11,14H2,1H3,(H-,22,27)/p+1/t16-,18-,19-,21-/m1/s1. The Labute approximate surface area is 171 Å². The summed E-state index contributed by atoms with van der Waals surface area (Å²) >= 11 is 0. The monoisotopic (exact) mass is 409 g/mol. The van der Waals surface area contributed by atoms with E-state index in [1.165, 1.54) is 36.4 Å². The van der Waals surface area contributed by atoms with Crippen molar-refractivity contribution < 1.29 is 33.8 Å². The van der Waals surface area contributed by atoms with Crippen molar-refractivity contribution in [3.63, 3.8) is 0 Å². The van der Waals surface area contributed by atoms with Crippen molar-refractivity contribution in [1.29, 1.82) is 0 Å². The van der Waals surface area contributed by atoms with E-state index in [0.717, 1.165) is 19.3 Å². The Kier molecular flexibility index (Phi) is 9.50.